The molecular weight excluding hydrogens is 1800 g/mol. The standard InChI is InChI=1S/C44H67NO9.C36H50FNO7.C28H52N2O6.3C2H6/c1-13-36-44(10,49)40(52-20-16-17-32-22-33-18-14-15-19-35(33)45-25-32)29(5)37(46)27(3)23-42(8,50-11)31(7)28(4)38(30(6)41(48)54-36)53-34-21-26(2)39(47)43(9,24-34)51-12;1-10-29-36(9,42)32-24(4)30(38-26(6)39)22(2)19-34(7,25(5)23(3)31(40)35(8,37)33(41)45-29)44-21-28(20-43-32)18-14-17-27-15-12-11-13-16-27;1-10-22-27(8,33)24(31)21(6)30(9)16-17(2)15-26(7)20(5)18(3)23(19(4)25(32)34-22)35-28(36-26)11-13-29-14-12-28;3*1-2/h14-19,22,25-31,34,36,38-40,47,49H,13,20-21,23-24H2,1-12H3;11-18,22-25,29,32,42H,10,19-21H2,1-9H3;17-24,29,31,33H,10-16H2,1-9H3;3*1-2H3/b17-16+;17-14+,28-18+,38-30?;;;;/t26-,27-,28-,29+,30-,31-,34-,36-,38+,39+,40-,42-,43-,44-;22-,23-,24+,25-,29-,32-,34-,35+,36-;17-,18-,19-,20-,21-,22-,23+,24-,26+,27-;;;/m111.../s1. The number of fused-ring (bicyclic) bond motifs is 9. The average Bonchev–Trinajstić information content (AvgIpc) is 1.43. The number of halogens is 1. The van der Waals surface area contributed by atoms with E-state index in [1.165, 1.54) is 13.8 Å². The SMILES string of the molecule is CC.CC.CC.CC[C@H]1OC(=O)[C@@](C)(F)C(=O)[C@H](C)[C@@H](C)[C@@]2(C)C[C@@H](C)C(=NC(C)=O)[C@H](C)[C@@H](OC/C(=C\C=C\c3ccccc3)CO2)[C@]1(C)O.CC[C@H]1OC(=O)[C@H](C)[C@@H](O[C@@H]2C[C@@H](C)[C@H](O)[C@](C)(OC)C2)[C@H](C)[C@@H](C)[C@](C)(OC)C[C@@H](C)C(=O)[C@H](C)[C@@H](OC/C=C/c2cnc3ccccc3c2)[C@]1(C)O.CC[C@H]1OC(=O)[C@H](C)[C@H]2OC3(CCNCC3)O[C@@](C)(C[C@@H](C)CN(C)[C@H](C)[C@@H](O)[C@]1(C)O)[C@H](C)[C@H]2C. The second-order valence-corrected chi connectivity index (χ2v) is 43.0. The average molecular weight is 1980 g/mol. The number of hydrogen-bond acceptors (Lipinski definition) is 25. The van der Waals surface area contributed by atoms with Gasteiger partial charge in [0.1, 0.15) is 47.0 Å². The van der Waals surface area contributed by atoms with Crippen LogP contribution in [0.1, 0.15) is 304 Å². The number of ether oxygens (including phenoxy) is 11. The van der Waals surface area contributed by atoms with E-state index in [0.717, 1.165) is 73.4 Å². The summed E-state index contributed by atoms with van der Waals surface area (Å²) in [6.45, 7) is 64.1. The number of carbonyl (C=O) groups is 6. The number of esters is 3. The molecule has 1 spiro atoms. The fraction of sp³-hybridized carbons (Fsp3) is 0.754. The third-order valence-electron chi connectivity index (χ3n) is 32.5. The van der Waals surface area contributed by atoms with Gasteiger partial charge in [-0.2, -0.15) is 0 Å². The predicted octanol–water partition coefficient (Wildman–Crippen LogP) is 19.3. The zero-order chi connectivity index (χ0) is 107. The zero-order valence-electron chi connectivity index (χ0n) is 92.9. The van der Waals surface area contributed by atoms with E-state index >= 15 is 4.39 Å². The number of hydrogen-bond donors (Lipinski definition) is 6. The van der Waals surface area contributed by atoms with Gasteiger partial charge in [-0.05, 0) is 204 Å². The van der Waals surface area contributed by atoms with E-state index in [2.05, 4.69) is 61.7 Å². The number of amides is 1. The molecule has 6 aliphatic heterocycles. The van der Waals surface area contributed by atoms with Crippen LogP contribution in [0.5, 0.6) is 0 Å². The third kappa shape index (κ3) is 30.6. The molecule has 0 unspecified atom stereocenters. The highest BCUT2D eigenvalue weighted by molar-refractivity contribution is 6.08. The number of aliphatic hydroxyl groups is 5. The van der Waals surface area contributed by atoms with Crippen molar-refractivity contribution in [3.63, 3.8) is 0 Å². The number of ketones is 2. The van der Waals surface area contributed by atoms with Crippen molar-refractivity contribution in [3.8, 4) is 0 Å². The molecule has 33 atom stereocenters. The van der Waals surface area contributed by atoms with Gasteiger partial charge in [-0.25, -0.2) is 14.2 Å². The summed E-state index contributed by atoms with van der Waals surface area (Å²) in [5, 5.41) is 62.5. The number of nitrogens with one attached hydrogen (secondary N) is 1. The molecule has 1 aromatic heterocycles. The second-order valence-electron chi connectivity index (χ2n) is 43.0. The molecule has 6 saturated heterocycles. The molecule has 1 aliphatic carbocycles. The van der Waals surface area contributed by atoms with Gasteiger partial charge in [0.2, 0.25) is 5.91 Å². The van der Waals surface area contributed by atoms with E-state index in [4.69, 9.17) is 52.1 Å². The Morgan fingerprint density at radius 1 is 0.617 bits per heavy atom. The lowest BCUT2D eigenvalue weighted by atomic mass is 9.70. The van der Waals surface area contributed by atoms with Crippen molar-refractivity contribution in [2.45, 2.75) is 410 Å². The Balaban J connectivity index is 0.000000369. The summed E-state index contributed by atoms with van der Waals surface area (Å²) in [6.07, 6.45) is 8.03. The molecule has 0 radical (unpaired) electrons. The maximum Gasteiger partial charge on any atom is 0.351 e. The smallest absolute Gasteiger partial charge is 0.351 e. The van der Waals surface area contributed by atoms with E-state index in [0.29, 0.717) is 44.2 Å². The van der Waals surface area contributed by atoms with Crippen LogP contribution in [-0.2, 0) is 80.9 Å². The molecule has 2 aromatic carbocycles. The lowest BCUT2D eigenvalue weighted by molar-refractivity contribution is -0.307. The number of nitrogens with zero attached hydrogens (tertiary/aromatic N) is 3. The molecule has 7 fully saturated rings. The number of likely N-dealkylation sites (N-methyl/N-ethyl adjacent to an activating group) is 1. The summed E-state index contributed by atoms with van der Waals surface area (Å²) < 4.78 is 86.3. The lowest BCUT2D eigenvalue weighted by Gasteiger charge is -2.48. The Hall–Kier alpha value is -6.51. The van der Waals surface area contributed by atoms with Gasteiger partial charge in [0, 0.05) is 107 Å². The normalized spacial score (nSPS) is 40.3. The van der Waals surface area contributed by atoms with Crippen molar-refractivity contribution in [2.75, 3.05) is 60.7 Å². The number of carbonyl (C=O) groups excluding carboxylic acids is 6. The Kier molecular flexibility index (Phi) is 48.2. The number of para-hydroxylation sites is 1. The molecule has 10 rings (SSSR count). The second kappa shape index (κ2) is 54.4. The maximum atomic E-state index is 16.1. The number of benzene rings is 2. The van der Waals surface area contributed by atoms with Crippen LogP contribution in [0.15, 0.2) is 95.7 Å². The van der Waals surface area contributed by atoms with Gasteiger partial charge < -0.3 is 87.9 Å². The number of cyclic esters (lactones) is 3. The molecule has 3 aromatic rings. The molecule has 26 nitrogen and oxygen atoms in total. The summed E-state index contributed by atoms with van der Waals surface area (Å²) in [5.74, 6) is -9.35. The van der Waals surface area contributed by atoms with Crippen molar-refractivity contribution in [1.82, 2.24) is 15.2 Å². The van der Waals surface area contributed by atoms with E-state index in [-0.39, 0.29) is 91.7 Å². The molecule has 7 heterocycles. The van der Waals surface area contributed by atoms with Gasteiger partial charge in [0.25, 0.3) is 5.67 Å². The molecule has 7 aliphatic rings. The Morgan fingerprint density at radius 2 is 1.18 bits per heavy atom. The van der Waals surface area contributed by atoms with Crippen LogP contribution < -0.4 is 5.32 Å². The van der Waals surface area contributed by atoms with E-state index in [1.54, 1.807) is 55.0 Å². The minimum atomic E-state index is -2.95. The summed E-state index contributed by atoms with van der Waals surface area (Å²) in [5.41, 5.74) is -7.13. The third-order valence-corrected chi connectivity index (χ3v) is 32.5. The summed E-state index contributed by atoms with van der Waals surface area (Å²) in [4.78, 5) is 92.5. The highest BCUT2D eigenvalue weighted by Crippen LogP contribution is 2.51. The molecule has 27 heteroatoms. The molecule has 1 amide bonds. The van der Waals surface area contributed by atoms with Crippen molar-refractivity contribution >= 4 is 64.1 Å². The minimum Gasteiger partial charge on any atom is -0.459 e. The first-order chi connectivity index (χ1) is 65.9. The van der Waals surface area contributed by atoms with Crippen LogP contribution in [0.25, 0.3) is 23.1 Å². The number of piperidine rings is 1. The Labute approximate surface area is 846 Å². The Bertz CT molecular complexity index is 4530. The number of rotatable bonds is 13. The Morgan fingerprint density at radius 3 is 1.77 bits per heavy atom. The molecular formula is C114H187FN4O22. The number of methoxy groups -OCH3 is 2. The van der Waals surface area contributed by atoms with Crippen molar-refractivity contribution in [1.29, 1.82) is 0 Å². The van der Waals surface area contributed by atoms with Gasteiger partial charge in [-0.3, -0.25) is 29.0 Å². The largest absolute Gasteiger partial charge is 0.459 e. The van der Waals surface area contributed by atoms with Crippen LogP contribution >= 0.6 is 0 Å². The van der Waals surface area contributed by atoms with Crippen LogP contribution in [0, 0.1) is 82.9 Å². The first-order valence-corrected chi connectivity index (χ1v) is 52.8. The van der Waals surface area contributed by atoms with E-state index in [1.807, 2.05) is 230 Å². The topological polar surface area (TPSA) is 346 Å². The van der Waals surface area contributed by atoms with Crippen LogP contribution in [0.4, 0.5) is 4.39 Å². The number of allylic oxidation sites excluding steroid dienone is 2. The van der Waals surface area contributed by atoms with Gasteiger partial charge in [0.15, 0.2) is 11.6 Å². The van der Waals surface area contributed by atoms with Gasteiger partial charge in [-0.15, -0.1) is 0 Å². The van der Waals surface area contributed by atoms with Crippen LogP contribution in [-0.4, -0.2) is 255 Å². The molecule has 4 bridgehead atoms. The monoisotopic (exact) mass is 1980 g/mol. The first-order valence-electron chi connectivity index (χ1n) is 52.8. The van der Waals surface area contributed by atoms with Crippen LogP contribution in [0.2, 0.25) is 0 Å². The fourth-order valence-electron chi connectivity index (χ4n) is 22.7. The van der Waals surface area contributed by atoms with Gasteiger partial charge in [-0.1, -0.05) is 224 Å². The number of alkyl halides is 1. The van der Waals surface area contributed by atoms with Gasteiger partial charge >= 0.3 is 17.9 Å². The molecule has 141 heavy (non-hydrogen) atoms. The minimum absolute atomic E-state index is 0.0379. The van der Waals surface area contributed by atoms with Crippen LogP contribution in [0.3, 0.4) is 0 Å². The summed E-state index contributed by atoms with van der Waals surface area (Å²) in [6, 6.07) is 19.4. The fourth-order valence-corrected chi connectivity index (χ4v) is 22.7. The number of aromatic nitrogens is 1. The summed E-state index contributed by atoms with van der Waals surface area (Å²) in [7, 11) is 5.24. The predicted molar refractivity (Wildman–Crippen MR) is 556 cm³/mol. The number of Topliss-reactive ketones (excluding diaryl/α,β-unsaturated/α-hetero) is 2. The number of aliphatic hydroxyl groups excluding tert-OH is 2. The molecule has 6 N–H and O–H groups in total. The van der Waals surface area contributed by atoms with E-state index < -0.39 is 171 Å². The molecule has 1 saturated carbocycles. The van der Waals surface area contributed by atoms with Gasteiger partial charge in [0.05, 0.1) is 96.2 Å². The molecule has 802 valence electrons. The summed E-state index contributed by atoms with van der Waals surface area (Å²) >= 11 is 0. The highest BCUT2D eigenvalue weighted by atomic mass is 19.1. The lowest BCUT2D eigenvalue weighted by Crippen LogP contribution is -2.59. The van der Waals surface area contributed by atoms with Crippen molar-refractivity contribution in [3.05, 3.63) is 102 Å². The maximum absolute atomic E-state index is 16.1. The van der Waals surface area contributed by atoms with E-state index in [9.17, 15) is 54.3 Å². The number of aliphatic imine (C=N–C) groups is 1. The first kappa shape index (κ1) is 125. The highest BCUT2D eigenvalue weighted by Gasteiger charge is 2.59. The number of pyridine rings is 1. The van der Waals surface area contributed by atoms with Crippen molar-refractivity contribution in [2.24, 2.45) is 87.8 Å². The zero-order valence-corrected chi connectivity index (χ0v) is 92.9. The van der Waals surface area contributed by atoms with Crippen molar-refractivity contribution < 1.29 is 111 Å². The quantitative estimate of drug-likeness (QED) is 0.0526.